The summed E-state index contributed by atoms with van der Waals surface area (Å²) in [4.78, 5) is 49.0. The van der Waals surface area contributed by atoms with Gasteiger partial charge in [0.1, 0.15) is 5.82 Å². The van der Waals surface area contributed by atoms with Gasteiger partial charge in [0, 0.05) is 25.3 Å². The molecule has 3 aromatic rings. The number of aromatic amines is 1. The average Bonchev–Trinajstić information content (AvgIpc) is 2.83. The predicted molar refractivity (Wildman–Crippen MR) is 123 cm³/mol. The summed E-state index contributed by atoms with van der Waals surface area (Å²) in [5, 5.41) is 3.42. The van der Waals surface area contributed by atoms with Crippen LogP contribution in [-0.4, -0.2) is 51.3 Å². The molecule has 8 nitrogen and oxygen atoms in total. The highest BCUT2D eigenvalue weighted by Gasteiger charge is 2.31. The van der Waals surface area contributed by atoms with Crippen LogP contribution in [0, 0.1) is 5.92 Å². The molecule has 32 heavy (non-hydrogen) atoms. The number of aromatic nitrogens is 2. The number of carbonyl (C=O) groups excluding carboxylic acids is 2. The molecule has 1 saturated heterocycles. The van der Waals surface area contributed by atoms with Crippen LogP contribution in [0.5, 0.6) is 0 Å². The summed E-state index contributed by atoms with van der Waals surface area (Å²) >= 11 is 0. The van der Waals surface area contributed by atoms with E-state index in [4.69, 9.17) is 0 Å². The summed E-state index contributed by atoms with van der Waals surface area (Å²) < 4.78 is 0. The van der Waals surface area contributed by atoms with Crippen molar-refractivity contribution in [1.29, 1.82) is 0 Å². The first-order valence-electron chi connectivity index (χ1n) is 10.9. The fraction of sp³-hybridized carbons (Fsp3) is 0.333. The quantitative estimate of drug-likeness (QED) is 0.645. The highest BCUT2D eigenvalue weighted by Crippen LogP contribution is 2.21. The number of fused-ring (bicyclic) bond motifs is 1. The number of piperidine rings is 1. The van der Waals surface area contributed by atoms with Crippen LogP contribution in [0.1, 0.15) is 25.6 Å². The zero-order valence-corrected chi connectivity index (χ0v) is 18.1. The Labute approximate surface area is 186 Å². The third kappa shape index (κ3) is 4.80. The molecule has 8 heteroatoms. The minimum atomic E-state index is -0.280. The molecule has 1 aliphatic rings. The van der Waals surface area contributed by atoms with E-state index in [1.54, 1.807) is 28.0 Å². The maximum absolute atomic E-state index is 13.3. The third-order valence-corrected chi connectivity index (χ3v) is 5.78. The topological polar surface area (TPSA) is 98.4 Å². The number of carbonyl (C=O) groups is 2. The largest absolute Gasteiger partial charge is 0.335 e. The van der Waals surface area contributed by atoms with Gasteiger partial charge in [-0.15, -0.1) is 0 Å². The number of rotatable bonds is 5. The second-order valence-corrected chi connectivity index (χ2v) is 7.96. The van der Waals surface area contributed by atoms with E-state index in [0.717, 1.165) is 18.5 Å². The van der Waals surface area contributed by atoms with Crippen molar-refractivity contribution in [2.24, 2.45) is 5.92 Å². The van der Waals surface area contributed by atoms with Crippen molar-refractivity contribution in [2.45, 2.75) is 26.3 Å². The summed E-state index contributed by atoms with van der Waals surface area (Å²) in [7, 11) is 0. The number of amides is 3. The molecular formula is C24H27N5O3. The number of urea groups is 1. The van der Waals surface area contributed by atoms with Crippen LogP contribution >= 0.6 is 0 Å². The molecule has 166 valence electrons. The number of anilines is 1. The molecule has 0 saturated carbocycles. The van der Waals surface area contributed by atoms with Gasteiger partial charge in [0.2, 0.25) is 5.91 Å². The van der Waals surface area contributed by atoms with Crippen molar-refractivity contribution in [2.75, 3.05) is 25.0 Å². The molecule has 0 radical (unpaired) electrons. The van der Waals surface area contributed by atoms with Gasteiger partial charge in [0.25, 0.3) is 5.56 Å². The number of para-hydroxylation sites is 2. The number of benzene rings is 2. The van der Waals surface area contributed by atoms with Gasteiger partial charge in [-0.1, -0.05) is 30.3 Å². The van der Waals surface area contributed by atoms with Gasteiger partial charge in [-0.25, -0.2) is 9.78 Å². The second-order valence-electron chi connectivity index (χ2n) is 7.96. The SMILES string of the molecule is CCN(Cc1nc2ccccc2c(=O)[nH]1)C(=O)C1CCCN(C(=O)Nc2ccccc2)C1. The maximum Gasteiger partial charge on any atom is 0.321 e. The first-order valence-corrected chi connectivity index (χ1v) is 10.9. The van der Waals surface area contributed by atoms with Crippen LogP contribution in [0.25, 0.3) is 10.9 Å². The molecule has 0 bridgehead atoms. The minimum Gasteiger partial charge on any atom is -0.335 e. The molecule has 0 spiro atoms. The number of nitrogens with one attached hydrogen (secondary N) is 2. The molecule has 4 rings (SSSR count). The predicted octanol–water partition coefficient (Wildman–Crippen LogP) is 3.22. The van der Waals surface area contributed by atoms with Gasteiger partial charge >= 0.3 is 6.03 Å². The molecule has 1 aliphatic heterocycles. The van der Waals surface area contributed by atoms with Crippen molar-refractivity contribution < 1.29 is 9.59 Å². The Morgan fingerprint density at radius 2 is 1.91 bits per heavy atom. The lowest BCUT2D eigenvalue weighted by molar-refractivity contribution is -0.137. The van der Waals surface area contributed by atoms with Crippen molar-refractivity contribution in [3.8, 4) is 0 Å². The Bertz CT molecular complexity index is 1160. The van der Waals surface area contributed by atoms with Crippen LogP contribution in [0.15, 0.2) is 59.4 Å². The Kier molecular flexibility index (Phi) is 6.49. The molecule has 0 aliphatic carbocycles. The van der Waals surface area contributed by atoms with E-state index in [1.165, 1.54) is 0 Å². The lowest BCUT2D eigenvalue weighted by atomic mass is 9.96. The van der Waals surface area contributed by atoms with Gasteiger partial charge in [-0.3, -0.25) is 9.59 Å². The van der Waals surface area contributed by atoms with Gasteiger partial charge in [-0.2, -0.15) is 0 Å². The van der Waals surface area contributed by atoms with Crippen LogP contribution in [0.4, 0.5) is 10.5 Å². The van der Waals surface area contributed by atoms with Crippen LogP contribution in [0.3, 0.4) is 0 Å². The van der Waals surface area contributed by atoms with E-state index in [2.05, 4.69) is 15.3 Å². The molecule has 1 unspecified atom stereocenters. The van der Waals surface area contributed by atoms with E-state index >= 15 is 0 Å². The number of likely N-dealkylation sites (tertiary alicyclic amines) is 1. The van der Waals surface area contributed by atoms with Crippen molar-refractivity contribution >= 4 is 28.5 Å². The number of H-pyrrole nitrogens is 1. The standard InChI is InChI=1S/C24H27N5O3/c1-2-28(16-21-26-20-13-7-6-12-19(20)22(30)27-21)23(31)17-9-8-14-29(15-17)24(32)25-18-10-4-3-5-11-18/h3-7,10-13,17H,2,8-9,14-16H2,1H3,(H,25,32)(H,26,27,30). The summed E-state index contributed by atoms with van der Waals surface area (Å²) in [5.74, 6) is 0.149. The van der Waals surface area contributed by atoms with Crippen LogP contribution < -0.4 is 10.9 Å². The normalized spacial score (nSPS) is 16.0. The summed E-state index contributed by atoms with van der Waals surface area (Å²) in [5.41, 5.74) is 1.12. The molecule has 1 aromatic heterocycles. The van der Waals surface area contributed by atoms with Gasteiger partial charge in [-0.05, 0) is 44.0 Å². The lowest BCUT2D eigenvalue weighted by Crippen LogP contribution is -2.48. The Balaban J connectivity index is 1.43. The van der Waals surface area contributed by atoms with Gasteiger partial charge < -0.3 is 20.1 Å². The molecule has 1 atom stereocenters. The molecule has 2 heterocycles. The van der Waals surface area contributed by atoms with Gasteiger partial charge in [0.05, 0.1) is 23.4 Å². The maximum atomic E-state index is 13.3. The monoisotopic (exact) mass is 433 g/mol. The smallest absolute Gasteiger partial charge is 0.321 e. The van der Waals surface area contributed by atoms with E-state index in [1.807, 2.05) is 43.3 Å². The molecular weight excluding hydrogens is 406 g/mol. The molecule has 2 N–H and O–H groups in total. The average molecular weight is 434 g/mol. The third-order valence-electron chi connectivity index (χ3n) is 5.78. The van der Waals surface area contributed by atoms with E-state index in [-0.39, 0.29) is 30.0 Å². The first-order chi connectivity index (χ1) is 15.5. The first kappa shape index (κ1) is 21.5. The van der Waals surface area contributed by atoms with E-state index in [0.29, 0.717) is 36.4 Å². The van der Waals surface area contributed by atoms with Gasteiger partial charge in [0.15, 0.2) is 0 Å². The molecule has 1 fully saturated rings. The molecule has 3 amide bonds. The van der Waals surface area contributed by atoms with Crippen LogP contribution in [0.2, 0.25) is 0 Å². The zero-order chi connectivity index (χ0) is 22.5. The lowest BCUT2D eigenvalue weighted by Gasteiger charge is -2.34. The number of hydrogen-bond donors (Lipinski definition) is 2. The highest BCUT2D eigenvalue weighted by molar-refractivity contribution is 5.90. The summed E-state index contributed by atoms with van der Waals surface area (Å²) in [6.07, 6.45) is 1.49. The minimum absolute atomic E-state index is 0.0273. The second kappa shape index (κ2) is 9.64. The highest BCUT2D eigenvalue weighted by atomic mass is 16.2. The number of nitrogens with zero attached hydrogens (tertiary/aromatic N) is 3. The summed E-state index contributed by atoms with van der Waals surface area (Å²) in [6.45, 7) is 3.60. The fourth-order valence-electron chi connectivity index (χ4n) is 4.08. The summed E-state index contributed by atoms with van der Waals surface area (Å²) in [6, 6.07) is 16.2. The Morgan fingerprint density at radius 1 is 1.16 bits per heavy atom. The zero-order valence-electron chi connectivity index (χ0n) is 18.1. The van der Waals surface area contributed by atoms with Crippen molar-refractivity contribution in [3.05, 3.63) is 70.8 Å². The Hall–Kier alpha value is -3.68. The van der Waals surface area contributed by atoms with Crippen molar-refractivity contribution in [3.63, 3.8) is 0 Å². The Morgan fingerprint density at radius 3 is 2.69 bits per heavy atom. The fourth-order valence-corrected chi connectivity index (χ4v) is 4.08. The number of hydrogen-bond acceptors (Lipinski definition) is 4. The van der Waals surface area contributed by atoms with E-state index < -0.39 is 0 Å². The van der Waals surface area contributed by atoms with Crippen LogP contribution in [-0.2, 0) is 11.3 Å². The van der Waals surface area contributed by atoms with E-state index in [9.17, 15) is 14.4 Å². The molecule has 2 aromatic carbocycles. The van der Waals surface area contributed by atoms with Crippen molar-refractivity contribution in [1.82, 2.24) is 19.8 Å².